The molecule has 1 nitrogen and oxygen atoms in total. The lowest BCUT2D eigenvalue weighted by Crippen LogP contribution is -1.96. The maximum atomic E-state index is 13.5. The SMILES string of the molecule is Cc1c(Br)ccc(CCCO)c1F. The summed E-state index contributed by atoms with van der Waals surface area (Å²) in [6, 6.07) is 3.59. The van der Waals surface area contributed by atoms with Gasteiger partial charge in [-0.1, -0.05) is 22.0 Å². The molecule has 13 heavy (non-hydrogen) atoms. The molecule has 0 heterocycles. The van der Waals surface area contributed by atoms with Crippen LogP contribution in [0.15, 0.2) is 16.6 Å². The van der Waals surface area contributed by atoms with Crippen molar-refractivity contribution in [2.24, 2.45) is 0 Å². The van der Waals surface area contributed by atoms with Gasteiger partial charge in [0.05, 0.1) is 0 Å². The number of aliphatic hydroxyl groups excluding tert-OH is 1. The Balaban J connectivity index is 2.90. The molecule has 0 amide bonds. The number of rotatable bonds is 3. The Labute approximate surface area is 85.7 Å². The van der Waals surface area contributed by atoms with Gasteiger partial charge in [-0.2, -0.15) is 0 Å². The van der Waals surface area contributed by atoms with Crippen LogP contribution < -0.4 is 0 Å². The van der Waals surface area contributed by atoms with Gasteiger partial charge in [0, 0.05) is 11.1 Å². The van der Waals surface area contributed by atoms with Crippen LogP contribution in [0.1, 0.15) is 17.5 Å². The number of benzene rings is 1. The van der Waals surface area contributed by atoms with E-state index in [-0.39, 0.29) is 12.4 Å². The van der Waals surface area contributed by atoms with Gasteiger partial charge in [0.2, 0.25) is 0 Å². The zero-order valence-corrected chi connectivity index (χ0v) is 9.07. The molecule has 0 saturated carbocycles. The van der Waals surface area contributed by atoms with Crippen molar-refractivity contribution in [2.75, 3.05) is 6.61 Å². The number of hydrogen-bond acceptors (Lipinski definition) is 1. The van der Waals surface area contributed by atoms with Gasteiger partial charge < -0.3 is 5.11 Å². The molecule has 3 heteroatoms. The first-order chi connectivity index (χ1) is 6.16. The van der Waals surface area contributed by atoms with Crippen molar-refractivity contribution in [1.82, 2.24) is 0 Å². The molecule has 0 bridgehead atoms. The van der Waals surface area contributed by atoms with Crippen LogP contribution in [0.5, 0.6) is 0 Å². The van der Waals surface area contributed by atoms with Crippen LogP contribution in [0.4, 0.5) is 4.39 Å². The first-order valence-corrected chi connectivity index (χ1v) is 5.00. The van der Waals surface area contributed by atoms with Crippen molar-refractivity contribution in [3.8, 4) is 0 Å². The highest BCUT2D eigenvalue weighted by Crippen LogP contribution is 2.22. The van der Waals surface area contributed by atoms with Gasteiger partial charge in [0.25, 0.3) is 0 Å². The molecule has 0 saturated heterocycles. The summed E-state index contributed by atoms with van der Waals surface area (Å²) in [5, 5.41) is 8.61. The second-order valence-electron chi connectivity index (χ2n) is 2.97. The van der Waals surface area contributed by atoms with Crippen LogP contribution in [0, 0.1) is 12.7 Å². The zero-order valence-electron chi connectivity index (χ0n) is 7.48. The highest BCUT2D eigenvalue weighted by molar-refractivity contribution is 9.10. The van der Waals surface area contributed by atoms with Crippen LogP contribution >= 0.6 is 15.9 Å². The molecule has 0 unspecified atom stereocenters. The predicted octanol–water partition coefficient (Wildman–Crippen LogP) is 2.82. The van der Waals surface area contributed by atoms with Crippen molar-refractivity contribution in [3.05, 3.63) is 33.5 Å². The summed E-state index contributed by atoms with van der Waals surface area (Å²) < 4.78 is 14.3. The summed E-state index contributed by atoms with van der Waals surface area (Å²) in [7, 11) is 0. The number of aryl methyl sites for hydroxylation is 1. The molecule has 72 valence electrons. The maximum Gasteiger partial charge on any atom is 0.130 e. The summed E-state index contributed by atoms with van der Waals surface area (Å²) in [4.78, 5) is 0. The lowest BCUT2D eigenvalue weighted by molar-refractivity contribution is 0.288. The van der Waals surface area contributed by atoms with E-state index in [4.69, 9.17) is 5.11 Å². The van der Waals surface area contributed by atoms with Gasteiger partial charge in [-0.15, -0.1) is 0 Å². The Bertz CT molecular complexity index is 299. The highest BCUT2D eigenvalue weighted by Gasteiger charge is 2.07. The van der Waals surface area contributed by atoms with Crippen LogP contribution in [-0.4, -0.2) is 11.7 Å². The van der Waals surface area contributed by atoms with Crippen LogP contribution in [0.25, 0.3) is 0 Å². The van der Waals surface area contributed by atoms with Gasteiger partial charge in [-0.05, 0) is 37.0 Å². The van der Waals surface area contributed by atoms with E-state index in [2.05, 4.69) is 15.9 Å². The average molecular weight is 247 g/mol. The van der Waals surface area contributed by atoms with Crippen molar-refractivity contribution in [1.29, 1.82) is 0 Å². The molecular formula is C10H12BrFO. The second kappa shape index (κ2) is 4.72. The van der Waals surface area contributed by atoms with Crippen molar-refractivity contribution >= 4 is 15.9 Å². The predicted molar refractivity (Wildman–Crippen MR) is 54.2 cm³/mol. The fourth-order valence-electron chi connectivity index (χ4n) is 1.18. The maximum absolute atomic E-state index is 13.5. The summed E-state index contributed by atoms with van der Waals surface area (Å²) in [5.74, 6) is -0.164. The molecular weight excluding hydrogens is 235 g/mol. The Hall–Kier alpha value is -0.410. The largest absolute Gasteiger partial charge is 0.396 e. The number of halogens is 2. The summed E-state index contributed by atoms with van der Waals surface area (Å²) in [6.45, 7) is 1.84. The van der Waals surface area contributed by atoms with E-state index in [0.29, 0.717) is 24.0 Å². The summed E-state index contributed by atoms with van der Waals surface area (Å²) in [6.07, 6.45) is 1.20. The first kappa shape index (κ1) is 10.7. The monoisotopic (exact) mass is 246 g/mol. The van der Waals surface area contributed by atoms with Crippen LogP contribution in [0.2, 0.25) is 0 Å². The standard InChI is InChI=1S/C10H12BrFO/c1-7-9(11)5-4-8(10(7)12)3-2-6-13/h4-5,13H,2-3,6H2,1H3. The Morgan fingerprint density at radius 1 is 1.46 bits per heavy atom. The van der Waals surface area contributed by atoms with Crippen LogP contribution in [-0.2, 0) is 6.42 Å². The van der Waals surface area contributed by atoms with Gasteiger partial charge in [-0.3, -0.25) is 0 Å². The van der Waals surface area contributed by atoms with Gasteiger partial charge >= 0.3 is 0 Å². The molecule has 1 aromatic rings. The number of hydrogen-bond donors (Lipinski definition) is 1. The molecule has 0 radical (unpaired) electrons. The Kier molecular flexibility index (Phi) is 3.88. The third-order valence-corrected chi connectivity index (χ3v) is 2.86. The van der Waals surface area contributed by atoms with Gasteiger partial charge in [-0.25, -0.2) is 4.39 Å². The minimum absolute atomic E-state index is 0.106. The topological polar surface area (TPSA) is 20.2 Å². The molecule has 1 N–H and O–H groups in total. The van der Waals surface area contributed by atoms with Gasteiger partial charge in [0.1, 0.15) is 5.82 Å². The molecule has 0 aliphatic carbocycles. The van der Waals surface area contributed by atoms with E-state index in [1.807, 2.05) is 6.07 Å². The van der Waals surface area contributed by atoms with E-state index >= 15 is 0 Å². The van der Waals surface area contributed by atoms with E-state index in [9.17, 15) is 4.39 Å². The number of aliphatic hydroxyl groups is 1. The quantitative estimate of drug-likeness (QED) is 0.870. The van der Waals surface area contributed by atoms with Crippen LogP contribution in [0.3, 0.4) is 0 Å². The van der Waals surface area contributed by atoms with Crippen molar-refractivity contribution < 1.29 is 9.50 Å². The first-order valence-electron chi connectivity index (χ1n) is 4.21. The third kappa shape index (κ3) is 2.51. The zero-order chi connectivity index (χ0) is 9.84. The lowest BCUT2D eigenvalue weighted by atomic mass is 10.1. The molecule has 0 aliphatic heterocycles. The Morgan fingerprint density at radius 2 is 2.15 bits per heavy atom. The minimum Gasteiger partial charge on any atom is -0.396 e. The third-order valence-electron chi connectivity index (χ3n) is 2.00. The summed E-state index contributed by atoms with van der Waals surface area (Å²) in [5.41, 5.74) is 1.31. The molecule has 0 aromatic heterocycles. The van der Waals surface area contributed by atoms with E-state index in [1.165, 1.54) is 0 Å². The van der Waals surface area contributed by atoms with E-state index in [1.54, 1.807) is 13.0 Å². The minimum atomic E-state index is -0.164. The molecule has 0 fully saturated rings. The fourth-order valence-corrected chi connectivity index (χ4v) is 1.49. The molecule has 1 rings (SSSR count). The Morgan fingerprint density at radius 3 is 2.77 bits per heavy atom. The second-order valence-corrected chi connectivity index (χ2v) is 3.83. The molecule has 0 atom stereocenters. The molecule has 1 aromatic carbocycles. The van der Waals surface area contributed by atoms with Gasteiger partial charge in [0.15, 0.2) is 0 Å². The summed E-state index contributed by atoms with van der Waals surface area (Å²) >= 11 is 3.26. The van der Waals surface area contributed by atoms with Crippen molar-refractivity contribution in [3.63, 3.8) is 0 Å². The average Bonchev–Trinajstić information content (AvgIpc) is 2.13. The highest BCUT2D eigenvalue weighted by atomic mass is 79.9. The lowest BCUT2D eigenvalue weighted by Gasteiger charge is -2.06. The van der Waals surface area contributed by atoms with E-state index in [0.717, 1.165) is 4.47 Å². The van der Waals surface area contributed by atoms with Crippen molar-refractivity contribution in [2.45, 2.75) is 19.8 Å². The van der Waals surface area contributed by atoms with E-state index < -0.39 is 0 Å². The molecule has 0 aliphatic rings. The fraction of sp³-hybridized carbons (Fsp3) is 0.400. The molecule has 0 spiro atoms. The normalized spacial score (nSPS) is 10.5. The smallest absolute Gasteiger partial charge is 0.130 e.